The molecule has 1 aliphatic heterocycles. The first kappa shape index (κ1) is 19.4. The average molecular weight is 425 g/mol. The Morgan fingerprint density at radius 1 is 1.07 bits per heavy atom. The van der Waals surface area contributed by atoms with Gasteiger partial charge in [0.1, 0.15) is 0 Å². The summed E-state index contributed by atoms with van der Waals surface area (Å²) in [5.41, 5.74) is 2.04. The maximum atomic E-state index is 12.3. The molecule has 146 valence electrons. The van der Waals surface area contributed by atoms with Crippen LogP contribution in [0.1, 0.15) is 41.8 Å². The molecular weight excluding hydrogens is 408 g/mol. The lowest BCUT2D eigenvalue weighted by atomic mass is 10.1. The quantitative estimate of drug-likeness (QED) is 0.336. The van der Waals surface area contributed by atoms with E-state index in [4.69, 9.17) is 4.74 Å². The van der Waals surface area contributed by atoms with Crippen LogP contribution in [0, 0.1) is 6.92 Å². The van der Waals surface area contributed by atoms with Gasteiger partial charge in [-0.1, -0.05) is 12.1 Å². The molecule has 0 aliphatic carbocycles. The van der Waals surface area contributed by atoms with E-state index in [1.165, 1.54) is 0 Å². The van der Waals surface area contributed by atoms with Crippen LogP contribution in [-0.2, 0) is 10.5 Å². The molecule has 0 bridgehead atoms. The summed E-state index contributed by atoms with van der Waals surface area (Å²) in [6, 6.07) is 13.6. The highest BCUT2D eigenvalue weighted by molar-refractivity contribution is 7.98. The van der Waals surface area contributed by atoms with E-state index in [1.54, 1.807) is 59.5 Å². The smallest absolute Gasteiger partial charge is 0.339 e. The minimum atomic E-state index is -0.590. The van der Waals surface area contributed by atoms with Crippen molar-refractivity contribution >= 4 is 40.9 Å². The number of thiazole rings is 1. The fourth-order valence-electron chi connectivity index (χ4n) is 2.88. The zero-order valence-electron chi connectivity index (χ0n) is 15.5. The Kier molecular flexibility index (Phi) is 5.46. The van der Waals surface area contributed by atoms with Gasteiger partial charge in [0.15, 0.2) is 6.73 Å². The maximum absolute atomic E-state index is 12.3. The first-order valence-electron chi connectivity index (χ1n) is 8.79. The van der Waals surface area contributed by atoms with Crippen LogP contribution in [0.5, 0.6) is 0 Å². The van der Waals surface area contributed by atoms with Crippen molar-refractivity contribution in [2.24, 2.45) is 0 Å². The van der Waals surface area contributed by atoms with Gasteiger partial charge in [0, 0.05) is 16.0 Å². The number of fused-ring (bicyclic) bond motifs is 1. The van der Waals surface area contributed by atoms with Crippen molar-refractivity contribution in [2.45, 2.75) is 17.6 Å². The molecule has 0 atom stereocenters. The predicted molar refractivity (Wildman–Crippen MR) is 110 cm³/mol. The van der Waals surface area contributed by atoms with Crippen LogP contribution in [0.15, 0.2) is 58.8 Å². The van der Waals surface area contributed by atoms with E-state index in [-0.39, 0.29) is 0 Å². The van der Waals surface area contributed by atoms with Gasteiger partial charge >= 0.3 is 5.97 Å². The van der Waals surface area contributed by atoms with Crippen molar-refractivity contribution in [3.63, 3.8) is 0 Å². The Labute approximate surface area is 175 Å². The maximum Gasteiger partial charge on any atom is 0.339 e. The molecule has 8 heteroatoms. The summed E-state index contributed by atoms with van der Waals surface area (Å²) in [6.45, 7) is 1.56. The number of aryl methyl sites for hydroxylation is 1. The summed E-state index contributed by atoms with van der Waals surface area (Å²) < 4.78 is 5.19. The third-order valence-corrected chi connectivity index (χ3v) is 6.21. The molecule has 3 aromatic rings. The minimum Gasteiger partial charge on any atom is -0.440 e. The van der Waals surface area contributed by atoms with Crippen molar-refractivity contribution in [1.82, 2.24) is 9.88 Å². The highest BCUT2D eigenvalue weighted by atomic mass is 32.2. The van der Waals surface area contributed by atoms with Gasteiger partial charge in [-0.05, 0) is 43.3 Å². The van der Waals surface area contributed by atoms with Crippen molar-refractivity contribution in [3.05, 3.63) is 81.3 Å². The summed E-state index contributed by atoms with van der Waals surface area (Å²) in [6.07, 6.45) is 0. The lowest BCUT2D eigenvalue weighted by Crippen LogP contribution is -2.33. The third-order valence-electron chi connectivity index (χ3n) is 4.35. The first-order valence-corrected chi connectivity index (χ1v) is 10.7. The number of nitrogens with zero attached hydrogens (tertiary/aromatic N) is 2. The number of hydrogen-bond acceptors (Lipinski definition) is 7. The summed E-state index contributed by atoms with van der Waals surface area (Å²) in [7, 11) is 0. The van der Waals surface area contributed by atoms with Gasteiger partial charge in [0.2, 0.25) is 0 Å². The summed E-state index contributed by atoms with van der Waals surface area (Å²) in [5, 5.41) is 3.07. The molecule has 0 unspecified atom stereocenters. The number of carbonyl (C=O) groups is 3. The normalized spacial score (nSPS) is 12.9. The molecule has 0 N–H and O–H groups in total. The van der Waals surface area contributed by atoms with Gasteiger partial charge in [-0.15, -0.1) is 23.1 Å². The zero-order valence-corrected chi connectivity index (χ0v) is 17.1. The van der Waals surface area contributed by atoms with Gasteiger partial charge in [0.05, 0.1) is 27.4 Å². The Morgan fingerprint density at radius 2 is 1.72 bits per heavy atom. The Hall–Kier alpha value is -2.97. The predicted octanol–water partition coefficient (Wildman–Crippen LogP) is 4.15. The Morgan fingerprint density at radius 3 is 2.31 bits per heavy atom. The first-order chi connectivity index (χ1) is 14.0. The molecule has 0 saturated carbocycles. The second kappa shape index (κ2) is 8.18. The summed E-state index contributed by atoms with van der Waals surface area (Å²) >= 11 is 3.25. The number of aromatic nitrogens is 1. The lowest BCUT2D eigenvalue weighted by molar-refractivity contribution is 0.0228. The van der Waals surface area contributed by atoms with Crippen LogP contribution in [0.2, 0.25) is 0 Å². The fraction of sp³-hybridized carbons (Fsp3) is 0.143. The van der Waals surface area contributed by atoms with E-state index in [1.807, 2.05) is 24.4 Å². The van der Waals surface area contributed by atoms with Crippen LogP contribution in [0.3, 0.4) is 0 Å². The number of esters is 1. The number of carbonyl (C=O) groups excluding carboxylic acids is 3. The average Bonchev–Trinajstić information content (AvgIpc) is 3.26. The van der Waals surface area contributed by atoms with Gasteiger partial charge in [-0.3, -0.25) is 9.59 Å². The molecule has 2 heterocycles. The number of hydrogen-bond donors (Lipinski definition) is 0. The number of imide groups is 1. The van der Waals surface area contributed by atoms with E-state index in [0.29, 0.717) is 16.7 Å². The van der Waals surface area contributed by atoms with Crippen molar-refractivity contribution in [1.29, 1.82) is 0 Å². The fourth-order valence-corrected chi connectivity index (χ4v) is 4.39. The molecule has 2 amide bonds. The molecule has 6 nitrogen and oxygen atoms in total. The van der Waals surface area contributed by atoms with Gasteiger partial charge < -0.3 is 4.74 Å². The van der Waals surface area contributed by atoms with Crippen molar-refractivity contribution in [2.75, 3.05) is 6.73 Å². The molecule has 0 radical (unpaired) electrons. The molecule has 0 spiro atoms. The van der Waals surface area contributed by atoms with E-state index in [0.717, 1.165) is 26.2 Å². The largest absolute Gasteiger partial charge is 0.440 e. The zero-order chi connectivity index (χ0) is 20.4. The number of thioether (sulfide) groups is 1. The Bertz CT molecular complexity index is 1060. The van der Waals surface area contributed by atoms with Crippen LogP contribution >= 0.6 is 23.1 Å². The van der Waals surface area contributed by atoms with Crippen molar-refractivity contribution in [3.8, 4) is 0 Å². The van der Waals surface area contributed by atoms with E-state index >= 15 is 0 Å². The number of amides is 2. The lowest BCUT2D eigenvalue weighted by Gasteiger charge is -2.14. The molecule has 4 rings (SSSR count). The van der Waals surface area contributed by atoms with Crippen molar-refractivity contribution < 1.29 is 19.1 Å². The summed E-state index contributed by atoms with van der Waals surface area (Å²) in [4.78, 5) is 43.3. The SMILES string of the molecule is Cc1nc(CSc2ccc(C(=O)OCN3C(=O)c4ccccc4C3=O)cc2)cs1. The highest BCUT2D eigenvalue weighted by Gasteiger charge is 2.35. The van der Waals surface area contributed by atoms with Gasteiger partial charge in [-0.2, -0.15) is 0 Å². The third kappa shape index (κ3) is 4.08. The van der Waals surface area contributed by atoms with E-state index in [9.17, 15) is 14.4 Å². The molecule has 1 aromatic heterocycles. The molecule has 0 saturated heterocycles. The molecule has 0 fully saturated rings. The minimum absolute atomic E-state index is 0.324. The second-order valence-electron chi connectivity index (χ2n) is 6.32. The molecular formula is C21H16N2O4S2. The number of ether oxygens (including phenoxy) is 1. The Balaban J connectivity index is 1.33. The number of rotatable bonds is 6. The summed E-state index contributed by atoms with van der Waals surface area (Å²) in [5.74, 6) is -0.744. The highest BCUT2D eigenvalue weighted by Crippen LogP contribution is 2.25. The van der Waals surface area contributed by atoms with Crippen LogP contribution < -0.4 is 0 Å². The van der Waals surface area contributed by atoms with E-state index in [2.05, 4.69) is 4.98 Å². The van der Waals surface area contributed by atoms with E-state index < -0.39 is 24.5 Å². The topological polar surface area (TPSA) is 76.6 Å². The standard InChI is InChI=1S/C21H16N2O4S2/c1-13-22-15(10-28-13)11-29-16-8-6-14(7-9-16)21(26)27-12-23-19(24)17-4-2-3-5-18(17)20(23)25/h2-10H,11-12H2,1H3. The molecule has 2 aromatic carbocycles. The van der Waals surface area contributed by atoms with Gasteiger partial charge in [-0.25, -0.2) is 14.7 Å². The van der Waals surface area contributed by atoms with Gasteiger partial charge in [0.25, 0.3) is 11.8 Å². The van der Waals surface area contributed by atoms with Crippen LogP contribution in [0.4, 0.5) is 0 Å². The van der Waals surface area contributed by atoms with Crippen LogP contribution in [-0.4, -0.2) is 34.4 Å². The monoisotopic (exact) mass is 424 g/mol. The molecule has 1 aliphatic rings. The van der Waals surface area contributed by atoms with Crippen LogP contribution in [0.25, 0.3) is 0 Å². The number of benzene rings is 2. The second-order valence-corrected chi connectivity index (χ2v) is 8.43. The molecule has 29 heavy (non-hydrogen) atoms.